The van der Waals surface area contributed by atoms with Crippen LogP contribution in [0.4, 0.5) is 0 Å². The van der Waals surface area contributed by atoms with E-state index in [-0.39, 0.29) is 23.1 Å². The molecule has 0 saturated carbocycles. The van der Waals surface area contributed by atoms with Gasteiger partial charge in [-0.2, -0.15) is 0 Å². The zero-order valence-corrected chi connectivity index (χ0v) is 13.8. The van der Waals surface area contributed by atoms with Crippen LogP contribution in [-0.4, -0.2) is 23.1 Å². The van der Waals surface area contributed by atoms with Crippen molar-refractivity contribution in [1.82, 2.24) is 0 Å². The standard InChI is InChI=1S/2C9H10O2/c2*1-5-4-8(10)6(2)7(3)9(5)11/h2*4H,1-3H3. The second-order valence-corrected chi connectivity index (χ2v) is 5.54. The van der Waals surface area contributed by atoms with Gasteiger partial charge < -0.3 is 0 Å². The van der Waals surface area contributed by atoms with E-state index in [4.69, 9.17) is 0 Å². The molecule has 2 aliphatic rings. The van der Waals surface area contributed by atoms with Crippen LogP contribution in [0.1, 0.15) is 41.5 Å². The number of carbonyl (C=O) groups excluding carboxylic acids is 4. The number of allylic oxidation sites excluding steroid dienone is 8. The normalized spacial score (nSPS) is 19.0. The Kier molecular flexibility index (Phi) is 5.31. The maximum absolute atomic E-state index is 11.2. The molecule has 0 aromatic carbocycles. The van der Waals surface area contributed by atoms with E-state index in [1.54, 1.807) is 41.5 Å². The maximum atomic E-state index is 11.2. The Balaban J connectivity index is 0.000000220. The summed E-state index contributed by atoms with van der Waals surface area (Å²) >= 11 is 0. The van der Waals surface area contributed by atoms with Crippen molar-refractivity contribution in [2.75, 3.05) is 0 Å². The average molecular weight is 300 g/mol. The van der Waals surface area contributed by atoms with E-state index in [0.717, 1.165) is 0 Å². The molecule has 2 rings (SSSR count). The van der Waals surface area contributed by atoms with Crippen molar-refractivity contribution in [2.24, 2.45) is 0 Å². The van der Waals surface area contributed by atoms with Gasteiger partial charge >= 0.3 is 0 Å². The molecule has 4 nitrogen and oxygen atoms in total. The average Bonchev–Trinajstić information content (AvgIpc) is 2.47. The number of hydrogen-bond donors (Lipinski definition) is 0. The predicted octanol–water partition coefficient (Wildman–Crippen LogP) is 2.84. The van der Waals surface area contributed by atoms with Crippen molar-refractivity contribution in [3.8, 4) is 0 Å². The third-order valence-corrected chi connectivity index (χ3v) is 3.96. The number of hydrogen-bond acceptors (Lipinski definition) is 4. The van der Waals surface area contributed by atoms with E-state index >= 15 is 0 Å². The summed E-state index contributed by atoms with van der Waals surface area (Å²) in [6.45, 7) is 10.1. The Morgan fingerprint density at radius 1 is 0.500 bits per heavy atom. The summed E-state index contributed by atoms with van der Waals surface area (Å²) in [5, 5.41) is 0. The van der Waals surface area contributed by atoms with Crippen molar-refractivity contribution in [3.63, 3.8) is 0 Å². The second-order valence-electron chi connectivity index (χ2n) is 5.54. The van der Waals surface area contributed by atoms with Gasteiger partial charge in [0.15, 0.2) is 23.1 Å². The lowest BCUT2D eigenvalue weighted by molar-refractivity contribution is -0.115. The summed E-state index contributed by atoms with van der Waals surface area (Å²) in [5.74, 6) is -0.108. The Bertz CT molecular complexity index is 647. The van der Waals surface area contributed by atoms with Crippen molar-refractivity contribution >= 4 is 23.1 Å². The van der Waals surface area contributed by atoms with Crippen molar-refractivity contribution in [2.45, 2.75) is 41.5 Å². The highest BCUT2D eigenvalue weighted by Crippen LogP contribution is 2.18. The fourth-order valence-electron chi connectivity index (χ4n) is 2.04. The molecule has 0 saturated heterocycles. The molecule has 4 heteroatoms. The molecule has 0 aromatic heterocycles. The predicted molar refractivity (Wildman–Crippen MR) is 84.3 cm³/mol. The van der Waals surface area contributed by atoms with E-state index in [2.05, 4.69) is 0 Å². The molecule has 0 aliphatic heterocycles. The lowest BCUT2D eigenvalue weighted by atomic mass is 9.92. The second kappa shape index (κ2) is 6.60. The molecule has 0 heterocycles. The van der Waals surface area contributed by atoms with Crippen LogP contribution in [0.25, 0.3) is 0 Å². The molecular formula is C18H20O4. The van der Waals surface area contributed by atoms with Gasteiger partial charge in [-0.15, -0.1) is 0 Å². The molecule has 0 fully saturated rings. The molecule has 0 unspecified atom stereocenters. The van der Waals surface area contributed by atoms with E-state index < -0.39 is 0 Å². The molecule has 0 atom stereocenters. The molecule has 22 heavy (non-hydrogen) atoms. The topological polar surface area (TPSA) is 68.3 Å². The minimum atomic E-state index is -0.0420. The van der Waals surface area contributed by atoms with E-state index in [0.29, 0.717) is 33.4 Å². The van der Waals surface area contributed by atoms with Crippen molar-refractivity contribution in [3.05, 3.63) is 45.6 Å². The Morgan fingerprint density at radius 3 is 1.05 bits per heavy atom. The Hall–Kier alpha value is -2.36. The third kappa shape index (κ3) is 3.45. The molecule has 0 bridgehead atoms. The zero-order valence-electron chi connectivity index (χ0n) is 13.8. The van der Waals surface area contributed by atoms with Gasteiger partial charge in [0.2, 0.25) is 0 Å². The Morgan fingerprint density at radius 2 is 0.773 bits per heavy atom. The highest BCUT2D eigenvalue weighted by Gasteiger charge is 2.20. The van der Waals surface area contributed by atoms with Gasteiger partial charge in [-0.3, -0.25) is 19.2 Å². The molecule has 2 aliphatic carbocycles. The van der Waals surface area contributed by atoms with Gasteiger partial charge in [0.05, 0.1) is 0 Å². The van der Waals surface area contributed by atoms with Gasteiger partial charge in [0.1, 0.15) is 0 Å². The van der Waals surface area contributed by atoms with E-state index in [1.165, 1.54) is 12.2 Å². The number of ketones is 4. The van der Waals surface area contributed by atoms with Gasteiger partial charge in [-0.1, -0.05) is 0 Å². The highest BCUT2D eigenvalue weighted by molar-refractivity contribution is 6.22. The quantitative estimate of drug-likeness (QED) is 0.645. The summed E-state index contributed by atoms with van der Waals surface area (Å²) in [6, 6.07) is 0. The maximum Gasteiger partial charge on any atom is 0.184 e. The molecule has 116 valence electrons. The molecular weight excluding hydrogens is 280 g/mol. The van der Waals surface area contributed by atoms with Gasteiger partial charge in [0, 0.05) is 33.4 Å². The highest BCUT2D eigenvalue weighted by atomic mass is 16.1. The Labute approximate surface area is 130 Å². The summed E-state index contributed by atoms with van der Waals surface area (Å²) in [6.07, 6.45) is 2.79. The fourth-order valence-corrected chi connectivity index (χ4v) is 2.04. The van der Waals surface area contributed by atoms with E-state index in [9.17, 15) is 19.2 Å². The largest absolute Gasteiger partial charge is 0.290 e. The first-order valence-corrected chi connectivity index (χ1v) is 6.97. The van der Waals surface area contributed by atoms with Crippen LogP contribution in [0.5, 0.6) is 0 Å². The van der Waals surface area contributed by atoms with Gasteiger partial charge in [-0.25, -0.2) is 0 Å². The van der Waals surface area contributed by atoms with Crippen molar-refractivity contribution < 1.29 is 19.2 Å². The number of carbonyl (C=O) groups is 4. The van der Waals surface area contributed by atoms with Crippen LogP contribution >= 0.6 is 0 Å². The van der Waals surface area contributed by atoms with Crippen LogP contribution in [0.3, 0.4) is 0 Å². The third-order valence-electron chi connectivity index (χ3n) is 3.96. The van der Waals surface area contributed by atoms with Gasteiger partial charge in [0.25, 0.3) is 0 Å². The zero-order chi connectivity index (χ0) is 17.2. The number of rotatable bonds is 0. The minimum Gasteiger partial charge on any atom is -0.290 e. The lowest BCUT2D eigenvalue weighted by Gasteiger charge is -2.09. The SMILES string of the molecule is CC1=CC(=O)C(C)=C(C)C1=O.CC1=CC(=O)C(C)=C(C)C1=O. The summed E-state index contributed by atoms with van der Waals surface area (Å²) in [4.78, 5) is 44.6. The van der Waals surface area contributed by atoms with Gasteiger partial charge in [-0.05, 0) is 53.7 Å². The first-order chi connectivity index (χ1) is 10.1. The van der Waals surface area contributed by atoms with Crippen LogP contribution < -0.4 is 0 Å². The van der Waals surface area contributed by atoms with Crippen LogP contribution in [-0.2, 0) is 19.2 Å². The summed E-state index contributed by atoms with van der Waals surface area (Å²) < 4.78 is 0. The van der Waals surface area contributed by atoms with Crippen molar-refractivity contribution in [1.29, 1.82) is 0 Å². The van der Waals surface area contributed by atoms with Crippen LogP contribution in [0.15, 0.2) is 45.6 Å². The smallest absolute Gasteiger partial charge is 0.184 e. The monoisotopic (exact) mass is 300 g/mol. The minimum absolute atomic E-state index is 0.0119. The molecule has 0 amide bonds. The summed E-state index contributed by atoms with van der Waals surface area (Å²) in [5.41, 5.74) is 3.38. The first kappa shape index (κ1) is 17.7. The van der Waals surface area contributed by atoms with E-state index in [1.807, 2.05) is 0 Å². The number of Topliss-reactive ketones (excluding diaryl/α,β-unsaturated/α-hetero) is 2. The fraction of sp³-hybridized carbons (Fsp3) is 0.333. The van der Waals surface area contributed by atoms with Crippen LogP contribution in [0, 0.1) is 0 Å². The lowest BCUT2D eigenvalue weighted by Crippen LogP contribution is -2.14. The van der Waals surface area contributed by atoms with Crippen LogP contribution in [0.2, 0.25) is 0 Å². The molecule has 0 radical (unpaired) electrons. The molecule has 0 N–H and O–H groups in total. The molecule has 0 spiro atoms. The summed E-state index contributed by atoms with van der Waals surface area (Å²) in [7, 11) is 0. The first-order valence-electron chi connectivity index (χ1n) is 6.97. The molecule has 0 aromatic rings.